The number of hydrogen-bond donors (Lipinski definition) is 1. The maximum absolute atomic E-state index is 12.1. The summed E-state index contributed by atoms with van der Waals surface area (Å²) in [6.45, 7) is 0.446. The summed E-state index contributed by atoms with van der Waals surface area (Å²) in [5, 5.41) is 3.22. The van der Waals surface area contributed by atoms with Gasteiger partial charge in [-0.3, -0.25) is 0 Å². The topological polar surface area (TPSA) is 74.1 Å². The van der Waals surface area contributed by atoms with E-state index in [9.17, 15) is 4.79 Å². The molecule has 0 aliphatic rings. The Morgan fingerprint density at radius 3 is 2.60 bits per heavy atom. The second kappa shape index (κ2) is 7.12. The van der Waals surface area contributed by atoms with Gasteiger partial charge in [0.1, 0.15) is 5.65 Å². The predicted molar refractivity (Wildman–Crippen MR) is 93.4 cm³/mol. The van der Waals surface area contributed by atoms with Crippen molar-refractivity contribution in [2.75, 3.05) is 26.6 Å². The highest BCUT2D eigenvalue weighted by Crippen LogP contribution is 2.34. The molecular weight excluding hydrogens is 322 g/mol. The number of carbonyl (C=O) groups is 1. The van der Waals surface area contributed by atoms with Crippen molar-refractivity contribution in [2.45, 2.75) is 6.54 Å². The number of fused-ring (bicyclic) bond motifs is 1. The molecule has 0 aliphatic heterocycles. The summed E-state index contributed by atoms with van der Waals surface area (Å²) >= 11 is 0. The summed E-state index contributed by atoms with van der Waals surface area (Å²) in [5.41, 5.74) is 2.65. The van der Waals surface area contributed by atoms with E-state index >= 15 is 0 Å². The lowest BCUT2D eigenvalue weighted by Crippen LogP contribution is -2.09. The van der Waals surface area contributed by atoms with E-state index in [0.29, 0.717) is 29.3 Å². The van der Waals surface area contributed by atoms with E-state index in [1.54, 1.807) is 19.2 Å². The number of hydrogen-bond acceptors (Lipinski definition) is 6. The van der Waals surface area contributed by atoms with Crippen LogP contribution < -0.4 is 14.8 Å². The fourth-order valence-corrected chi connectivity index (χ4v) is 2.56. The quantitative estimate of drug-likeness (QED) is 0.695. The Morgan fingerprint density at radius 1 is 1.16 bits per heavy atom. The standard InChI is InChI=1S/C18H19N3O4/c1-23-15-8-13(18(22)25-3)14(9-16(15)24-2)19-10-12-11-21-7-5-4-6-17(21)20-12/h4-9,11,19H,10H2,1-3H3. The Hall–Kier alpha value is -3.22. The second-order valence-corrected chi connectivity index (χ2v) is 5.30. The predicted octanol–water partition coefficient (Wildman–Crippen LogP) is 2.75. The molecule has 7 heteroatoms. The van der Waals surface area contributed by atoms with Crippen LogP contribution in [-0.2, 0) is 11.3 Å². The molecule has 0 unspecified atom stereocenters. The summed E-state index contributed by atoms with van der Waals surface area (Å²) in [7, 11) is 4.40. The van der Waals surface area contributed by atoms with Crippen molar-refractivity contribution in [2.24, 2.45) is 0 Å². The molecule has 0 bridgehead atoms. The van der Waals surface area contributed by atoms with Crippen LogP contribution in [0.3, 0.4) is 0 Å². The van der Waals surface area contributed by atoms with Gasteiger partial charge < -0.3 is 23.9 Å². The number of aromatic nitrogens is 2. The van der Waals surface area contributed by atoms with Crippen LogP contribution in [0.15, 0.2) is 42.7 Å². The van der Waals surface area contributed by atoms with Crippen molar-refractivity contribution < 1.29 is 19.0 Å². The van der Waals surface area contributed by atoms with E-state index < -0.39 is 5.97 Å². The van der Waals surface area contributed by atoms with E-state index in [1.165, 1.54) is 14.2 Å². The summed E-state index contributed by atoms with van der Waals surface area (Å²) in [6, 6.07) is 9.11. The molecular formula is C18H19N3O4. The third-order valence-corrected chi connectivity index (χ3v) is 3.80. The lowest BCUT2D eigenvalue weighted by molar-refractivity contribution is 0.0601. The highest BCUT2D eigenvalue weighted by Gasteiger charge is 2.17. The van der Waals surface area contributed by atoms with Crippen LogP contribution in [0.1, 0.15) is 16.1 Å². The van der Waals surface area contributed by atoms with Gasteiger partial charge in [0, 0.05) is 24.5 Å². The number of anilines is 1. The molecule has 130 valence electrons. The molecule has 3 aromatic rings. The van der Waals surface area contributed by atoms with Crippen LogP contribution in [0.25, 0.3) is 5.65 Å². The van der Waals surface area contributed by atoms with Crippen molar-refractivity contribution in [3.63, 3.8) is 0 Å². The fraction of sp³-hybridized carbons (Fsp3) is 0.222. The highest BCUT2D eigenvalue weighted by atomic mass is 16.5. The lowest BCUT2D eigenvalue weighted by atomic mass is 10.1. The Morgan fingerprint density at radius 2 is 1.92 bits per heavy atom. The minimum atomic E-state index is -0.460. The Balaban J connectivity index is 1.90. The smallest absolute Gasteiger partial charge is 0.340 e. The molecule has 1 N–H and O–H groups in total. The average Bonchev–Trinajstić information content (AvgIpc) is 3.07. The van der Waals surface area contributed by atoms with Crippen molar-refractivity contribution in [1.82, 2.24) is 9.38 Å². The average molecular weight is 341 g/mol. The van der Waals surface area contributed by atoms with Crippen LogP contribution >= 0.6 is 0 Å². The molecule has 2 heterocycles. The largest absolute Gasteiger partial charge is 0.493 e. The molecule has 0 saturated heterocycles. The third-order valence-electron chi connectivity index (χ3n) is 3.80. The number of imidazole rings is 1. The van der Waals surface area contributed by atoms with Crippen molar-refractivity contribution >= 4 is 17.3 Å². The number of ether oxygens (including phenoxy) is 3. The van der Waals surface area contributed by atoms with Crippen molar-refractivity contribution in [3.05, 3.63) is 54.0 Å². The number of carbonyl (C=O) groups excluding carboxylic acids is 1. The van der Waals surface area contributed by atoms with Gasteiger partial charge >= 0.3 is 5.97 Å². The first-order valence-electron chi connectivity index (χ1n) is 7.67. The number of esters is 1. The summed E-state index contributed by atoms with van der Waals surface area (Å²) in [4.78, 5) is 16.6. The SMILES string of the molecule is COC(=O)c1cc(OC)c(OC)cc1NCc1cn2ccccc2n1. The molecule has 0 atom stereocenters. The zero-order valence-electron chi connectivity index (χ0n) is 14.3. The van der Waals surface area contributed by atoms with Crippen LogP contribution in [0.4, 0.5) is 5.69 Å². The van der Waals surface area contributed by atoms with Gasteiger partial charge in [0.15, 0.2) is 11.5 Å². The highest BCUT2D eigenvalue weighted by molar-refractivity contribution is 5.96. The first kappa shape index (κ1) is 16.6. The third kappa shape index (κ3) is 3.35. The number of pyridine rings is 1. The summed E-state index contributed by atoms with van der Waals surface area (Å²) in [6.07, 6.45) is 3.86. The van der Waals surface area contributed by atoms with Crippen LogP contribution in [0, 0.1) is 0 Å². The van der Waals surface area contributed by atoms with Gasteiger partial charge in [-0.25, -0.2) is 9.78 Å². The molecule has 0 fully saturated rings. The minimum Gasteiger partial charge on any atom is -0.493 e. The molecule has 0 saturated carbocycles. The van der Waals surface area contributed by atoms with Crippen molar-refractivity contribution in [3.8, 4) is 11.5 Å². The minimum absolute atomic E-state index is 0.365. The van der Waals surface area contributed by atoms with Gasteiger partial charge in [-0.05, 0) is 12.1 Å². The van der Waals surface area contributed by atoms with E-state index in [4.69, 9.17) is 14.2 Å². The number of rotatable bonds is 6. The van der Waals surface area contributed by atoms with Gasteiger partial charge in [-0.2, -0.15) is 0 Å². The van der Waals surface area contributed by atoms with E-state index in [-0.39, 0.29) is 0 Å². The van der Waals surface area contributed by atoms with Gasteiger partial charge in [-0.15, -0.1) is 0 Å². The first-order chi connectivity index (χ1) is 12.2. The Kier molecular flexibility index (Phi) is 4.74. The Bertz CT molecular complexity index is 871. The zero-order chi connectivity index (χ0) is 17.8. The van der Waals surface area contributed by atoms with Crippen LogP contribution in [-0.4, -0.2) is 36.7 Å². The molecule has 0 radical (unpaired) electrons. The molecule has 0 spiro atoms. The Labute approximate surface area is 145 Å². The normalized spacial score (nSPS) is 10.5. The molecule has 7 nitrogen and oxygen atoms in total. The van der Waals surface area contributed by atoms with E-state index in [1.807, 2.05) is 35.0 Å². The monoisotopic (exact) mass is 341 g/mol. The lowest BCUT2D eigenvalue weighted by Gasteiger charge is -2.14. The van der Waals surface area contributed by atoms with E-state index in [0.717, 1.165) is 11.3 Å². The first-order valence-corrected chi connectivity index (χ1v) is 7.67. The van der Waals surface area contributed by atoms with Crippen LogP contribution in [0.2, 0.25) is 0 Å². The fourth-order valence-electron chi connectivity index (χ4n) is 2.56. The van der Waals surface area contributed by atoms with Crippen LogP contribution in [0.5, 0.6) is 11.5 Å². The number of nitrogens with zero attached hydrogens (tertiary/aromatic N) is 2. The van der Waals surface area contributed by atoms with Gasteiger partial charge in [0.25, 0.3) is 0 Å². The zero-order valence-corrected chi connectivity index (χ0v) is 14.3. The van der Waals surface area contributed by atoms with E-state index in [2.05, 4.69) is 10.3 Å². The molecule has 3 rings (SSSR count). The van der Waals surface area contributed by atoms with Gasteiger partial charge in [-0.1, -0.05) is 6.07 Å². The molecule has 0 aliphatic carbocycles. The summed E-state index contributed by atoms with van der Waals surface area (Å²) in [5.74, 6) is 0.521. The maximum atomic E-state index is 12.1. The number of methoxy groups -OCH3 is 3. The molecule has 2 aromatic heterocycles. The number of benzene rings is 1. The molecule has 25 heavy (non-hydrogen) atoms. The molecule has 1 aromatic carbocycles. The molecule has 0 amide bonds. The van der Waals surface area contributed by atoms with Gasteiger partial charge in [0.05, 0.1) is 44.8 Å². The van der Waals surface area contributed by atoms with Gasteiger partial charge in [0.2, 0.25) is 0 Å². The maximum Gasteiger partial charge on any atom is 0.340 e. The second-order valence-electron chi connectivity index (χ2n) is 5.30. The van der Waals surface area contributed by atoms with Crippen molar-refractivity contribution in [1.29, 1.82) is 0 Å². The summed E-state index contributed by atoms with van der Waals surface area (Å²) < 4.78 is 17.4. The number of nitrogens with one attached hydrogen (secondary N) is 1.